The highest BCUT2D eigenvalue weighted by Crippen LogP contribution is 2.28. The van der Waals surface area contributed by atoms with Crippen molar-refractivity contribution >= 4 is 34.8 Å². The number of hydrogen-bond donors (Lipinski definition) is 3. The summed E-state index contributed by atoms with van der Waals surface area (Å²) in [6.07, 6.45) is 1.81. The van der Waals surface area contributed by atoms with Crippen LogP contribution in [0.3, 0.4) is 0 Å². The summed E-state index contributed by atoms with van der Waals surface area (Å²) in [7, 11) is 2.17. The van der Waals surface area contributed by atoms with Gasteiger partial charge in [-0.15, -0.1) is 0 Å². The molecule has 5 rings (SSSR count). The minimum Gasteiger partial charge on any atom is -0.488 e. The molecular formula is C23H28N8O. The Hall–Kier alpha value is -3.59. The minimum absolute atomic E-state index is 0.535. The van der Waals surface area contributed by atoms with Gasteiger partial charge in [0, 0.05) is 49.3 Å². The number of hydrogen-bond acceptors (Lipinski definition) is 9. The fourth-order valence-electron chi connectivity index (χ4n) is 3.81. The van der Waals surface area contributed by atoms with Gasteiger partial charge in [0.25, 0.3) is 0 Å². The highest BCUT2D eigenvalue weighted by molar-refractivity contribution is 5.65. The Balaban J connectivity index is 1.31. The van der Waals surface area contributed by atoms with Crippen LogP contribution in [0.25, 0.3) is 0 Å². The Morgan fingerprint density at radius 1 is 1.03 bits per heavy atom. The molecule has 1 fully saturated rings. The molecular weight excluding hydrogens is 404 g/mol. The van der Waals surface area contributed by atoms with E-state index in [9.17, 15) is 0 Å². The Bertz CT molecular complexity index is 1100. The molecule has 2 aromatic heterocycles. The van der Waals surface area contributed by atoms with Gasteiger partial charge in [0.15, 0.2) is 11.6 Å². The number of aromatic nitrogens is 3. The summed E-state index contributed by atoms with van der Waals surface area (Å²) in [4.78, 5) is 18.5. The van der Waals surface area contributed by atoms with E-state index >= 15 is 0 Å². The first-order valence-corrected chi connectivity index (χ1v) is 10.9. The Morgan fingerprint density at radius 2 is 1.91 bits per heavy atom. The van der Waals surface area contributed by atoms with Crippen molar-refractivity contribution in [1.29, 1.82) is 0 Å². The zero-order valence-corrected chi connectivity index (χ0v) is 18.4. The van der Waals surface area contributed by atoms with Crippen LogP contribution in [-0.2, 0) is 0 Å². The maximum atomic E-state index is 5.60. The molecule has 0 bridgehead atoms. The predicted molar refractivity (Wildman–Crippen MR) is 128 cm³/mol. The molecule has 9 heteroatoms. The summed E-state index contributed by atoms with van der Waals surface area (Å²) in [6.45, 7) is 7.58. The van der Waals surface area contributed by atoms with Crippen LogP contribution < -0.4 is 25.6 Å². The smallest absolute Gasteiger partial charge is 0.229 e. The number of anilines is 6. The molecule has 0 atom stereocenters. The summed E-state index contributed by atoms with van der Waals surface area (Å²) in [5.74, 6) is 3.46. The first-order valence-electron chi connectivity index (χ1n) is 10.9. The minimum atomic E-state index is 0.535. The number of nitrogens with one attached hydrogen (secondary N) is 3. The molecule has 32 heavy (non-hydrogen) atoms. The van der Waals surface area contributed by atoms with E-state index in [-0.39, 0.29) is 0 Å². The summed E-state index contributed by atoms with van der Waals surface area (Å²) in [6, 6.07) is 12.2. The Kier molecular flexibility index (Phi) is 5.64. The number of fused-ring (bicyclic) bond motifs is 1. The van der Waals surface area contributed by atoms with Gasteiger partial charge >= 0.3 is 0 Å². The van der Waals surface area contributed by atoms with Crippen molar-refractivity contribution in [3.8, 4) is 5.75 Å². The summed E-state index contributed by atoms with van der Waals surface area (Å²) >= 11 is 0. The lowest BCUT2D eigenvalue weighted by Gasteiger charge is -2.34. The van der Waals surface area contributed by atoms with Gasteiger partial charge in [0.05, 0.1) is 6.54 Å². The molecule has 0 aliphatic carbocycles. The maximum Gasteiger partial charge on any atom is 0.229 e. The molecule has 1 saturated heterocycles. The molecule has 9 nitrogen and oxygen atoms in total. The molecule has 0 radical (unpaired) electrons. The van der Waals surface area contributed by atoms with E-state index in [1.165, 1.54) is 5.69 Å². The summed E-state index contributed by atoms with van der Waals surface area (Å²) in [5, 5.41) is 9.90. The van der Waals surface area contributed by atoms with Crippen LogP contribution in [-0.4, -0.2) is 66.2 Å². The van der Waals surface area contributed by atoms with Gasteiger partial charge in [-0.25, -0.2) is 9.97 Å². The lowest BCUT2D eigenvalue weighted by atomic mass is 10.2. The van der Waals surface area contributed by atoms with Crippen molar-refractivity contribution in [2.75, 3.05) is 67.2 Å². The molecule has 3 N–H and O–H groups in total. The largest absolute Gasteiger partial charge is 0.488 e. The van der Waals surface area contributed by atoms with Crippen molar-refractivity contribution in [2.24, 2.45) is 0 Å². The van der Waals surface area contributed by atoms with Gasteiger partial charge in [0.1, 0.15) is 18.2 Å². The number of pyridine rings is 1. The van der Waals surface area contributed by atoms with Crippen molar-refractivity contribution in [1.82, 2.24) is 19.9 Å². The number of nitrogens with zero attached hydrogens (tertiary/aromatic N) is 5. The van der Waals surface area contributed by atoms with Gasteiger partial charge in [-0.2, -0.15) is 4.98 Å². The highest BCUT2D eigenvalue weighted by Gasteiger charge is 2.15. The van der Waals surface area contributed by atoms with E-state index in [1.807, 2.05) is 31.3 Å². The monoisotopic (exact) mass is 432 g/mol. The second kappa shape index (κ2) is 8.88. The van der Waals surface area contributed by atoms with Crippen LogP contribution in [0, 0.1) is 6.92 Å². The van der Waals surface area contributed by atoms with E-state index in [0.717, 1.165) is 55.5 Å². The topological polar surface area (TPSA) is 90.5 Å². The number of rotatable bonds is 5. The summed E-state index contributed by atoms with van der Waals surface area (Å²) < 4.78 is 5.60. The Labute approximate surface area is 187 Å². The molecule has 0 spiro atoms. The van der Waals surface area contributed by atoms with Gasteiger partial charge in [0.2, 0.25) is 5.95 Å². The molecule has 2 aliphatic rings. The average molecular weight is 433 g/mol. The van der Waals surface area contributed by atoms with Gasteiger partial charge < -0.3 is 30.5 Å². The standard InChI is InChI=1S/C23H28N8O/c1-16-15-25-23(26-17-4-3-5-18(14-17)31-11-9-30(2)10-12-31)29-21(16)27-20-7-6-19-22(28-20)24-8-13-32-19/h3-7,14-15H,8-13H2,1-2H3,(H3,24,25,26,27,28,29). The van der Waals surface area contributed by atoms with Crippen molar-refractivity contribution < 1.29 is 4.74 Å². The van der Waals surface area contributed by atoms with Gasteiger partial charge in [-0.05, 0) is 44.3 Å². The van der Waals surface area contributed by atoms with Crippen molar-refractivity contribution in [3.05, 3.63) is 48.2 Å². The van der Waals surface area contributed by atoms with E-state index < -0.39 is 0 Å². The fraction of sp³-hybridized carbons (Fsp3) is 0.348. The Morgan fingerprint density at radius 3 is 2.78 bits per heavy atom. The molecule has 0 amide bonds. The van der Waals surface area contributed by atoms with E-state index in [1.54, 1.807) is 0 Å². The van der Waals surface area contributed by atoms with Crippen LogP contribution in [0.1, 0.15) is 5.56 Å². The van der Waals surface area contributed by atoms with Crippen LogP contribution in [0.15, 0.2) is 42.6 Å². The molecule has 4 heterocycles. The van der Waals surface area contributed by atoms with Crippen molar-refractivity contribution in [2.45, 2.75) is 6.92 Å². The predicted octanol–water partition coefficient (Wildman–Crippen LogP) is 3.22. The third-order valence-electron chi connectivity index (χ3n) is 5.70. The molecule has 2 aliphatic heterocycles. The fourth-order valence-corrected chi connectivity index (χ4v) is 3.81. The van der Waals surface area contributed by atoms with Crippen LogP contribution >= 0.6 is 0 Å². The number of aryl methyl sites for hydroxylation is 1. The normalized spacial score (nSPS) is 16.0. The SMILES string of the molecule is Cc1cnc(Nc2cccc(N3CCN(C)CC3)c2)nc1Nc1ccc2c(n1)NCCO2. The van der Waals surface area contributed by atoms with Crippen LogP contribution in [0.4, 0.5) is 34.8 Å². The first kappa shape index (κ1) is 20.3. The molecule has 1 aromatic carbocycles. The third-order valence-corrected chi connectivity index (χ3v) is 5.70. The van der Waals surface area contributed by atoms with E-state index in [4.69, 9.17) is 4.74 Å². The first-order chi connectivity index (χ1) is 15.6. The number of likely N-dealkylation sites (N-methyl/N-ethyl adjacent to an activating group) is 1. The lowest BCUT2D eigenvalue weighted by molar-refractivity contribution is 0.313. The lowest BCUT2D eigenvalue weighted by Crippen LogP contribution is -2.44. The maximum absolute atomic E-state index is 5.60. The quantitative estimate of drug-likeness (QED) is 0.562. The molecule has 0 saturated carbocycles. The van der Waals surface area contributed by atoms with E-state index in [0.29, 0.717) is 24.2 Å². The van der Waals surface area contributed by atoms with E-state index in [2.05, 4.69) is 65.9 Å². The summed E-state index contributed by atoms with van der Waals surface area (Å²) in [5.41, 5.74) is 3.11. The zero-order valence-electron chi connectivity index (χ0n) is 18.4. The van der Waals surface area contributed by atoms with Crippen molar-refractivity contribution in [3.63, 3.8) is 0 Å². The number of benzene rings is 1. The molecule has 166 valence electrons. The van der Waals surface area contributed by atoms with Gasteiger partial charge in [-0.1, -0.05) is 6.07 Å². The van der Waals surface area contributed by atoms with Gasteiger partial charge in [-0.3, -0.25) is 0 Å². The third kappa shape index (κ3) is 4.52. The van der Waals surface area contributed by atoms with Crippen LogP contribution in [0.2, 0.25) is 0 Å². The number of piperazine rings is 1. The average Bonchev–Trinajstić information content (AvgIpc) is 2.82. The highest BCUT2D eigenvalue weighted by atomic mass is 16.5. The second-order valence-electron chi connectivity index (χ2n) is 8.13. The molecule has 3 aromatic rings. The second-order valence-corrected chi connectivity index (χ2v) is 8.13. The molecule has 0 unspecified atom stereocenters. The number of ether oxygens (including phenoxy) is 1. The van der Waals surface area contributed by atoms with Crippen LogP contribution in [0.5, 0.6) is 5.75 Å². The zero-order chi connectivity index (χ0) is 21.9.